The molecule has 0 amide bonds. The number of nitrogens with zero attached hydrogens (tertiary/aromatic N) is 3. The minimum Gasteiger partial charge on any atom is -0.493 e. The van der Waals surface area contributed by atoms with Crippen molar-refractivity contribution in [3.05, 3.63) is 77.6 Å². The zero-order valence-corrected chi connectivity index (χ0v) is 18.0. The van der Waals surface area contributed by atoms with E-state index in [1.807, 2.05) is 42.5 Å². The quantitative estimate of drug-likeness (QED) is 0.430. The molecule has 4 rings (SSSR count). The molecule has 0 aliphatic rings. The lowest BCUT2D eigenvalue weighted by Gasteiger charge is -2.16. The van der Waals surface area contributed by atoms with Crippen molar-refractivity contribution in [1.29, 1.82) is 0 Å². The first-order valence-corrected chi connectivity index (χ1v) is 9.84. The molecular weight excluding hydrogens is 406 g/mol. The second-order valence-corrected chi connectivity index (χ2v) is 6.62. The summed E-state index contributed by atoms with van der Waals surface area (Å²) in [5.41, 5.74) is 3.15. The molecule has 0 unspecified atom stereocenters. The zero-order valence-electron chi connectivity index (χ0n) is 18.0. The molecular formula is C25H21N3O4. The molecule has 0 saturated carbocycles. The van der Waals surface area contributed by atoms with Crippen molar-refractivity contribution in [1.82, 2.24) is 15.0 Å². The van der Waals surface area contributed by atoms with Crippen LogP contribution in [0.15, 0.2) is 60.8 Å². The van der Waals surface area contributed by atoms with Crippen molar-refractivity contribution in [3.63, 3.8) is 0 Å². The van der Waals surface area contributed by atoms with Gasteiger partial charge in [0.2, 0.25) is 11.6 Å². The SMILES string of the molecule is COc1ccc(COc2nc3cccnc3nc2C#Cc2ccccc2)c(OC)c1OC. The Morgan fingerprint density at radius 3 is 2.34 bits per heavy atom. The molecule has 0 saturated heterocycles. The van der Waals surface area contributed by atoms with Gasteiger partial charge in [-0.15, -0.1) is 0 Å². The lowest BCUT2D eigenvalue weighted by Crippen LogP contribution is -2.05. The van der Waals surface area contributed by atoms with Gasteiger partial charge in [0.15, 0.2) is 22.8 Å². The fourth-order valence-corrected chi connectivity index (χ4v) is 3.14. The summed E-state index contributed by atoms with van der Waals surface area (Å²) in [5.74, 6) is 8.06. The Kier molecular flexibility index (Phi) is 6.33. The van der Waals surface area contributed by atoms with E-state index < -0.39 is 0 Å². The van der Waals surface area contributed by atoms with Crippen molar-refractivity contribution in [2.75, 3.05) is 21.3 Å². The van der Waals surface area contributed by atoms with Crippen LogP contribution in [0.4, 0.5) is 0 Å². The van der Waals surface area contributed by atoms with Crippen LogP contribution in [-0.2, 0) is 6.61 Å². The number of hydrogen-bond donors (Lipinski definition) is 0. The van der Waals surface area contributed by atoms with Crippen molar-refractivity contribution < 1.29 is 18.9 Å². The largest absolute Gasteiger partial charge is 0.493 e. The molecule has 160 valence electrons. The highest BCUT2D eigenvalue weighted by Gasteiger charge is 2.17. The fraction of sp³-hybridized carbons (Fsp3) is 0.160. The van der Waals surface area contributed by atoms with E-state index in [-0.39, 0.29) is 6.61 Å². The molecule has 4 aromatic rings. The standard InChI is InChI=1S/C25H21N3O4/c1-29-21-14-12-18(22(30-2)23(21)31-3)16-32-25-20(13-11-17-8-5-4-6-9-17)27-24-19(28-25)10-7-15-26-24/h4-10,12,14-15H,16H2,1-3H3. The van der Waals surface area contributed by atoms with Crippen LogP contribution >= 0.6 is 0 Å². The molecule has 0 aliphatic heterocycles. The number of benzene rings is 2. The normalized spacial score (nSPS) is 10.2. The molecule has 2 aromatic heterocycles. The average molecular weight is 427 g/mol. The van der Waals surface area contributed by atoms with E-state index in [0.717, 1.165) is 11.1 Å². The number of fused-ring (bicyclic) bond motifs is 1. The van der Waals surface area contributed by atoms with E-state index in [2.05, 4.69) is 26.8 Å². The van der Waals surface area contributed by atoms with Gasteiger partial charge in [-0.05, 0) is 42.3 Å². The van der Waals surface area contributed by atoms with Gasteiger partial charge in [-0.1, -0.05) is 24.1 Å². The Balaban J connectivity index is 1.71. The summed E-state index contributed by atoms with van der Waals surface area (Å²) in [5, 5.41) is 0. The van der Waals surface area contributed by atoms with Gasteiger partial charge in [-0.3, -0.25) is 0 Å². The first kappa shape index (κ1) is 20.9. The van der Waals surface area contributed by atoms with Gasteiger partial charge >= 0.3 is 0 Å². The number of methoxy groups -OCH3 is 3. The van der Waals surface area contributed by atoms with E-state index in [1.54, 1.807) is 39.7 Å². The number of hydrogen-bond acceptors (Lipinski definition) is 7. The first-order valence-electron chi connectivity index (χ1n) is 9.84. The van der Waals surface area contributed by atoms with E-state index in [1.165, 1.54) is 0 Å². The summed E-state index contributed by atoms with van der Waals surface area (Å²) in [6.45, 7) is 0.171. The average Bonchev–Trinajstić information content (AvgIpc) is 2.85. The molecule has 0 aliphatic carbocycles. The fourth-order valence-electron chi connectivity index (χ4n) is 3.14. The Labute approximate surface area is 186 Å². The Morgan fingerprint density at radius 1 is 0.781 bits per heavy atom. The van der Waals surface area contributed by atoms with Crippen LogP contribution in [-0.4, -0.2) is 36.3 Å². The number of pyridine rings is 1. The van der Waals surface area contributed by atoms with Crippen molar-refractivity contribution >= 4 is 11.2 Å². The summed E-state index contributed by atoms with van der Waals surface area (Å²) < 4.78 is 22.4. The van der Waals surface area contributed by atoms with Crippen LogP contribution in [0.25, 0.3) is 11.2 Å². The van der Waals surface area contributed by atoms with Gasteiger partial charge in [-0.25, -0.2) is 15.0 Å². The van der Waals surface area contributed by atoms with E-state index in [9.17, 15) is 0 Å². The Morgan fingerprint density at radius 2 is 1.59 bits per heavy atom. The molecule has 0 atom stereocenters. The maximum atomic E-state index is 6.05. The van der Waals surface area contributed by atoms with Gasteiger partial charge in [0.25, 0.3) is 0 Å². The predicted octanol–water partition coefficient (Wildman–Crippen LogP) is 4.03. The highest BCUT2D eigenvalue weighted by molar-refractivity contribution is 5.71. The molecule has 0 fully saturated rings. The van der Waals surface area contributed by atoms with E-state index >= 15 is 0 Å². The third kappa shape index (κ3) is 4.40. The van der Waals surface area contributed by atoms with Crippen molar-refractivity contribution in [2.45, 2.75) is 6.61 Å². The second kappa shape index (κ2) is 9.67. The van der Waals surface area contributed by atoms with Gasteiger partial charge in [0, 0.05) is 17.3 Å². The second-order valence-electron chi connectivity index (χ2n) is 6.62. The van der Waals surface area contributed by atoms with Crippen molar-refractivity contribution in [3.8, 4) is 35.0 Å². The van der Waals surface area contributed by atoms with Gasteiger partial charge in [0.1, 0.15) is 12.1 Å². The van der Waals surface area contributed by atoms with E-state index in [4.69, 9.17) is 18.9 Å². The summed E-state index contributed by atoms with van der Waals surface area (Å²) in [7, 11) is 4.70. The maximum Gasteiger partial charge on any atom is 0.250 e. The number of aromatic nitrogens is 3. The molecule has 0 spiro atoms. The zero-order chi connectivity index (χ0) is 22.3. The lowest BCUT2D eigenvalue weighted by molar-refractivity contribution is 0.277. The number of rotatable bonds is 6. The summed E-state index contributed by atoms with van der Waals surface area (Å²) >= 11 is 0. The van der Waals surface area contributed by atoms with Gasteiger partial charge in [-0.2, -0.15) is 0 Å². The maximum absolute atomic E-state index is 6.05. The third-order valence-electron chi connectivity index (χ3n) is 4.66. The number of ether oxygens (including phenoxy) is 4. The molecule has 2 aromatic carbocycles. The van der Waals surface area contributed by atoms with Crippen LogP contribution in [0.5, 0.6) is 23.1 Å². The van der Waals surface area contributed by atoms with Crippen LogP contribution in [0.1, 0.15) is 16.8 Å². The molecule has 7 nitrogen and oxygen atoms in total. The van der Waals surface area contributed by atoms with Gasteiger partial charge in [0.05, 0.1) is 21.3 Å². The summed E-state index contributed by atoms with van der Waals surface area (Å²) in [4.78, 5) is 13.4. The highest BCUT2D eigenvalue weighted by atomic mass is 16.5. The van der Waals surface area contributed by atoms with Crippen LogP contribution < -0.4 is 18.9 Å². The van der Waals surface area contributed by atoms with Crippen LogP contribution in [0.3, 0.4) is 0 Å². The highest BCUT2D eigenvalue weighted by Crippen LogP contribution is 2.40. The molecule has 2 heterocycles. The molecule has 32 heavy (non-hydrogen) atoms. The molecule has 0 N–H and O–H groups in total. The van der Waals surface area contributed by atoms with Crippen LogP contribution in [0, 0.1) is 11.8 Å². The Bertz CT molecular complexity index is 1300. The predicted molar refractivity (Wildman–Crippen MR) is 120 cm³/mol. The molecule has 0 radical (unpaired) electrons. The third-order valence-corrected chi connectivity index (χ3v) is 4.66. The first-order chi connectivity index (χ1) is 15.7. The van der Waals surface area contributed by atoms with E-state index in [0.29, 0.717) is 40.0 Å². The summed E-state index contributed by atoms with van der Waals surface area (Å²) in [6.07, 6.45) is 1.67. The monoisotopic (exact) mass is 427 g/mol. The minimum absolute atomic E-state index is 0.171. The Hall–Kier alpha value is -4.31. The van der Waals surface area contributed by atoms with Gasteiger partial charge < -0.3 is 18.9 Å². The minimum atomic E-state index is 0.171. The smallest absolute Gasteiger partial charge is 0.250 e. The summed E-state index contributed by atoms with van der Waals surface area (Å²) in [6, 6.07) is 16.9. The topological polar surface area (TPSA) is 75.6 Å². The molecule has 7 heteroatoms. The van der Waals surface area contributed by atoms with Crippen molar-refractivity contribution in [2.24, 2.45) is 0 Å². The van der Waals surface area contributed by atoms with Crippen LogP contribution in [0.2, 0.25) is 0 Å². The lowest BCUT2D eigenvalue weighted by atomic mass is 10.2. The molecule has 0 bridgehead atoms.